The fourth-order valence-electron chi connectivity index (χ4n) is 1.30. The van der Waals surface area contributed by atoms with Gasteiger partial charge in [-0.2, -0.15) is 0 Å². The second-order valence-electron chi connectivity index (χ2n) is 3.30. The molecule has 2 atom stereocenters. The summed E-state index contributed by atoms with van der Waals surface area (Å²) in [6.45, 7) is 0. The molecule has 0 spiro atoms. The first-order valence-corrected chi connectivity index (χ1v) is 6.32. The van der Waals surface area contributed by atoms with E-state index in [2.05, 4.69) is 15.9 Å². The molecular weight excluding hydrogens is 366 g/mol. The van der Waals surface area contributed by atoms with Crippen LogP contribution in [0.25, 0.3) is 0 Å². The highest BCUT2D eigenvalue weighted by Gasteiger charge is 2.57. The summed E-state index contributed by atoms with van der Waals surface area (Å²) >= 11 is 27.0. The van der Waals surface area contributed by atoms with Gasteiger partial charge in [0.25, 0.3) is 0 Å². The fraction of sp³-hybridized carbons (Fsp3) is 0.625. The van der Waals surface area contributed by atoms with Gasteiger partial charge in [0, 0.05) is 13.5 Å². The molecular formula is C8H7BrCl4O3. The molecule has 1 rings (SSSR count). The third-order valence-corrected chi connectivity index (χ3v) is 5.56. The van der Waals surface area contributed by atoms with E-state index in [1.165, 1.54) is 7.11 Å². The van der Waals surface area contributed by atoms with Crippen LogP contribution in [0, 0.1) is 0 Å². The van der Waals surface area contributed by atoms with Gasteiger partial charge in [0.1, 0.15) is 3.78 Å². The SMILES string of the molecule is COC1(Cl)CC(Cl)(Br)C(Cl)(Cl)C=C1C(=O)O. The minimum Gasteiger partial charge on any atom is -0.478 e. The lowest BCUT2D eigenvalue weighted by molar-refractivity contribution is -0.134. The van der Waals surface area contributed by atoms with Gasteiger partial charge in [0.2, 0.25) is 0 Å². The molecule has 92 valence electrons. The standard InChI is InChI=1S/C8H7BrCl4O3/c1-16-6(10)3-7(9,11)8(12,13)2-4(6)5(14)15/h2H,3H2,1H3,(H,14,15). The summed E-state index contributed by atoms with van der Waals surface area (Å²) in [6, 6.07) is 0. The summed E-state index contributed by atoms with van der Waals surface area (Å²) in [7, 11) is 1.28. The van der Waals surface area contributed by atoms with Crippen molar-refractivity contribution in [3.8, 4) is 0 Å². The van der Waals surface area contributed by atoms with Gasteiger partial charge in [0.05, 0.1) is 5.57 Å². The summed E-state index contributed by atoms with van der Waals surface area (Å²) in [4.78, 5) is 11.0. The van der Waals surface area contributed by atoms with Crippen LogP contribution in [0.5, 0.6) is 0 Å². The van der Waals surface area contributed by atoms with Crippen LogP contribution >= 0.6 is 62.3 Å². The number of methoxy groups -OCH3 is 1. The number of carboxylic acids is 1. The van der Waals surface area contributed by atoms with Crippen LogP contribution in [-0.4, -0.2) is 31.4 Å². The predicted octanol–water partition coefficient (Wildman–Crippen LogP) is 3.49. The molecule has 0 aromatic rings. The van der Waals surface area contributed by atoms with E-state index in [0.29, 0.717) is 0 Å². The van der Waals surface area contributed by atoms with Crippen LogP contribution in [0.15, 0.2) is 11.6 Å². The highest BCUT2D eigenvalue weighted by atomic mass is 79.9. The third kappa shape index (κ3) is 2.47. The maximum absolute atomic E-state index is 11.0. The summed E-state index contributed by atoms with van der Waals surface area (Å²) in [6.07, 6.45) is 0.963. The van der Waals surface area contributed by atoms with Crippen LogP contribution in [-0.2, 0) is 9.53 Å². The number of carbonyl (C=O) groups is 1. The Balaban J connectivity index is 3.34. The van der Waals surface area contributed by atoms with Crippen LogP contribution in [0.2, 0.25) is 0 Å². The van der Waals surface area contributed by atoms with Crippen LogP contribution in [0.3, 0.4) is 0 Å². The van der Waals surface area contributed by atoms with E-state index in [1.807, 2.05) is 0 Å². The molecule has 0 fully saturated rings. The monoisotopic (exact) mass is 370 g/mol. The Morgan fingerprint density at radius 2 is 2.00 bits per heavy atom. The number of rotatable bonds is 2. The second kappa shape index (κ2) is 4.48. The maximum atomic E-state index is 11.0. The van der Waals surface area contributed by atoms with Crippen molar-refractivity contribution in [2.24, 2.45) is 0 Å². The Labute approximate surface area is 121 Å². The van der Waals surface area contributed by atoms with E-state index in [-0.39, 0.29) is 12.0 Å². The zero-order chi connectivity index (χ0) is 12.8. The lowest BCUT2D eigenvalue weighted by atomic mass is 9.94. The van der Waals surface area contributed by atoms with E-state index in [1.54, 1.807) is 0 Å². The number of ether oxygens (including phenoxy) is 1. The van der Waals surface area contributed by atoms with E-state index in [0.717, 1.165) is 6.08 Å². The number of hydrogen-bond acceptors (Lipinski definition) is 2. The van der Waals surface area contributed by atoms with Gasteiger partial charge >= 0.3 is 5.97 Å². The topological polar surface area (TPSA) is 46.5 Å². The van der Waals surface area contributed by atoms with Crippen molar-refractivity contribution >= 4 is 68.3 Å². The van der Waals surface area contributed by atoms with Crippen molar-refractivity contribution < 1.29 is 14.6 Å². The van der Waals surface area contributed by atoms with Gasteiger partial charge in [-0.25, -0.2) is 4.79 Å². The highest BCUT2D eigenvalue weighted by molar-refractivity contribution is 9.10. The summed E-state index contributed by atoms with van der Waals surface area (Å²) in [5.74, 6) is -1.26. The number of alkyl halides is 5. The van der Waals surface area contributed by atoms with Gasteiger partial charge in [-0.05, 0) is 6.08 Å². The molecule has 2 unspecified atom stereocenters. The molecule has 0 saturated carbocycles. The number of halogens is 5. The van der Waals surface area contributed by atoms with Crippen molar-refractivity contribution in [2.45, 2.75) is 19.6 Å². The van der Waals surface area contributed by atoms with Crippen molar-refractivity contribution in [3.63, 3.8) is 0 Å². The number of carboxylic acid groups (broad SMARTS) is 1. The number of hydrogen-bond donors (Lipinski definition) is 1. The molecule has 0 aromatic carbocycles. The van der Waals surface area contributed by atoms with E-state index in [9.17, 15) is 4.79 Å². The smallest absolute Gasteiger partial charge is 0.335 e. The highest BCUT2D eigenvalue weighted by Crippen LogP contribution is 2.56. The van der Waals surface area contributed by atoms with Crippen molar-refractivity contribution in [3.05, 3.63) is 11.6 Å². The van der Waals surface area contributed by atoms with Gasteiger partial charge < -0.3 is 9.84 Å². The second-order valence-corrected chi connectivity index (χ2v) is 7.75. The molecule has 8 heteroatoms. The normalized spacial score (nSPS) is 38.0. The number of allylic oxidation sites excluding steroid dienone is 1. The minimum absolute atomic E-state index is 0.106. The largest absolute Gasteiger partial charge is 0.478 e. The average molecular weight is 373 g/mol. The van der Waals surface area contributed by atoms with Crippen molar-refractivity contribution in [1.82, 2.24) is 0 Å². The molecule has 0 heterocycles. The molecule has 0 saturated heterocycles. The van der Waals surface area contributed by atoms with Gasteiger partial charge in [-0.15, -0.1) is 11.6 Å². The Morgan fingerprint density at radius 1 is 1.50 bits per heavy atom. The van der Waals surface area contributed by atoms with E-state index < -0.39 is 19.1 Å². The lowest BCUT2D eigenvalue weighted by Gasteiger charge is -2.42. The maximum Gasteiger partial charge on any atom is 0.335 e. The zero-order valence-corrected chi connectivity index (χ0v) is 12.5. The molecule has 1 aliphatic carbocycles. The van der Waals surface area contributed by atoms with Crippen LogP contribution < -0.4 is 0 Å². The number of aliphatic carboxylic acids is 1. The summed E-state index contributed by atoms with van der Waals surface area (Å²) in [5.41, 5.74) is -0.239. The Kier molecular flexibility index (Phi) is 4.17. The molecule has 1 N–H and O–H groups in total. The average Bonchev–Trinajstić information content (AvgIpc) is 2.11. The zero-order valence-electron chi connectivity index (χ0n) is 7.94. The van der Waals surface area contributed by atoms with Gasteiger partial charge in [-0.3, -0.25) is 0 Å². The predicted molar refractivity (Wildman–Crippen MR) is 67.9 cm³/mol. The first kappa shape index (κ1) is 14.9. The first-order valence-electron chi connectivity index (χ1n) is 4.02. The molecule has 0 aromatic heterocycles. The fourth-order valence-corrected chi connectivity index (χ4v) is 2.97. The Hall–Kier alpha value is 0.810. The van der Waals surface area contributed by atoms with Crippen LogP contribution in [0.1, 0.15) is 6.42 Å². The molecule has 0 aliphatic heterocycles. The summed E-state index contributed by atoms with van der Waals surface area (Å²) < 4.78 is 2.06. The Morgan fingerprint density at radius 3 is 2.38 bits per heavy atom. The first-order chi connectivity index (χ1) is 7.06. The minimum atomic E-state index is -1.60. The molecule has 0 bridgehead atoms. The van der Waals surface area contributed by atoms with E-state index in [4.69, 9.17) is 56.2 Å². The third-order valence-electron chi connectivity index (χ3n) is 2.22. The lowest BCUT2D eigenvalue weighted by Crippen LogP contribution is -2.49. The van der Waals surface area contributed by atoms with Gasteiger partial charge in [0.15, 0.2) is 9.39 Å². The molecule has 0 amide bonds. The summed E-state index contributed by atoms with van der Waals surface area (Å²) in [5, 5.41) is 7.43. The molecule has 16 heavy (non-hydrogen) atoms. The van der Waals surface area contributed by atoms with Crippen molar-refractivity contribution in [2.75, 3.05) is 7.11 Å². The van der Waals surface area contributed by atoms with E-state index >= 15 is 0 Å². The van der Waals surface area contributed by atoms with Crippen LogP contribution in [0.4, 0.5) is 0 Å². The molecule has 0 radical (unpaired) electrons. The molecule has 1 aliphatic rings. The Bertz CT molecular complexity index is 355. The van der Waals surface area contributed by atoms with Crippen molar-refractivity contribution in [1.29, 1.82) is 0 Å². The molecule has 3 nitrogen and oxygen atoms in total. The van der Waals surface area contributed by atoms with Gasteiger partial charge in [-0.1, -0.05) is 50.7 Å². The quantitative estimate of drug-likeness (QED) is 0.755.